The number of hydrogen-bond acceptors (Lipinski definition) is 3. The Morgan fingerprint density at radius 1 is 0.426 bits per heavy atom. The van der Waals surface area contributed by atoms with Gasteiger partial charge >= 0.3 is 0 Å². The third kappa shape index (κ3) is 4.23. The summed E-state index contributed by atoms with van der Waals surface area (Å²) in [6, 6.07) is 72.3. The largest absolute Gasteiger partial charge is 0.455 e. The van der Waals surface area contributed by atoms with Crippen LogP contribution < -0.4 is 0 Å². The summed E-state index contributed by atoms with van der Waals surface area (Å²) in [7, 11) is 0. The molecule has 0 atom stereocenters. The van der Waals surface area contributed by atoms with Crippen molar-refractivity contribution in [3.8, 4) is 50.6 Å². The van der Waals surface area contributed by atoms with Gasteiger partial charge in [-0.05, 0) is 75.3 Å². The van der Waals surface area contributed by atoms with Crippen molar-refractivity contribution in [1.82, 2.24) is 14.5 Å². The van der Waals surface area contributed by atoms with Crippen molar-refractivity contribution in [2.45, 2.75) is 5.41 Å². The lowest BCUT2D eigenvalue weighted by molar-refractivity contribution is 0.669. The summed E-state index contributed by atoms with van der Waals surface area (Å²) in [5.74, 6) is 0.642. The Morgan fingerprint density at radius 3 is 1.87 bits per heavy atom. The topological polar surface area (TPSA) is 43.9 Å². The first-order valence-corrected chi connectivity index (χ1v) is 20.9. The van der Waals surface area contributed by atoms with Gasteiger partial charge in [0.25, 0.3) is 0 Å². The van der Waals surface area contributed by atoms with Crippen LogP contribution in [0.5, 0.6) is 0 Å². The van der Waals surface area contributed by atoms with Crippen LogP contribution in [0.1, 0.15) is 22.3 Å². The minimum Gasteiger partial charge on any atom is -0.455 e. The summed E-state index contributed by atoms with van der Waals surface area (Å²) in [6.45, 7) is 0. The van der Waals surface area contributed by atoms with Gasteiger partial charge in [0.05, 0.1) is 33.2 Å². The highest BCUT2D eigenvalue weighted by molar-refractivity contribution is 6.17. The van der Waals surface area contributed by atoms with E-state index >= 15 is 0 Å². The van der Waals surface area contributed by atoms with Gasteiger partial charge < -0.3 is 8.98 Å². The molecule has 12 aromatic rings. The van der Waals surface area contributed by atoms with E-state index in [2.05, 4.69) is 187 Å². The van der Waals surface area contributed by atoms with E-state index in [-0.39, 0.29) is 0 Å². The van der Waals surface area contributed by atoms with Gasteiger partial charge in [-0.3, -0.25) is 0 Å². The highest BCUT2D eigenvalue weighted by Crippen LogP contribution is 2.64. The van der Waals surface area contributed by atoms with E-state index in [0.717, 1.165) is 55.3 Å². The van der Waals surface area contributed by atoms with Gasteiger partial charge in [-0.15, -0.1) is 0 Å². The van der Waals surface area contributed by atoms with Crippen LogP contribution >= 0.6 is 0 Å². The lowest BCUT2D eigenvalue weighted by Crippen LogP contribution is -2.25. The van der Waals surface area contributed by atoms with Crippen molar-refractivity contribution in [3.05, 3.63) is 222 Å². The maximum atomic E-state index is 6.80. The van der Waals surface area contributed by atoms with Gasteiger partial charge in [-0.25, -0.2) is 9.97 Å². The summed E-state index contributed by atoms with van der Waals surface area (Å²) in [5, 5.41) is 5.57. The second-order valence-corrected chi connectivity index (χ2v) is 16.4. The highest BCUT2D eigenvalue weighted by Gasteiger charge is 2.52. The van der Waals surface area contributed by atoms with Crippen molar-refractivity contribution in [2.24, 2.45) is 0 Å². The maximum Gasteiger partial charge on any atom is 0.164 e. The number of furan rings is 1. The zero-order chi connectivity index (χ0) is 39.8. The molecule has 0 saturated heterocycles. The second kappa shape index (κ2) is 12.0. The smallest absolute Gasteiger partial charge is 0.164 e. The Labute approximate surface area is 350 Å². The van der Waals surface area contributed by atoms with E-state index in [4.69, 9.17) is 14.4 Å². The number of hydrogen-bond donors (Lipinski definition) is 0. The molecule has 0 amide bonds. The third-order valence-corrected chi connectivity index (χ3v) is 13.4. The van der Waals surface area contributed by atoms with Crippen molar-refractivity contribution in [3.63, 3.8) is 0 Å². The molecule has 61 heavy (non-hydrogen) atoms. The number of rotatable bonds is 3. The molecule has 9 aromatic carbocycles. The molecule has 2 aliphatic rings. The van der Waals surface area contributed by atoms with E-state index < -0.39 is 5.41 Å². The molecule has 0 unspecified atom stereocenters. The van der Waals surface area contributed by atoms with Crippen LogP contribution in [-0.2, 0) is 5.41 Å². The molecule has 0 bridgehead atoms. The molecular weight excluding hydrogens is 743 g/mol. The molecule has 0 fully saturated rings. The van der Waals surface area contributed by atoms with E-state index in [0.29, 0.717) is 5.82 Å². The molecular formula is C57H33N3O. The van der Waals surface area contributed by atoms with Crippen LogP contribution in [0, 0.1) is 0 Å². The summed E-state index contributed by atoms with van der Waals surface area (Å²) >= 11 is 0. The summed E-state index contributed by atoms with van der Waals surface area (Å²) < 4.78 is 9.30. The minimum atomic E-state index is -0.430. The standard InChI is InChI=1S/C57H33N3O/c1-2-15-34(16-3-1)53-42-21-7-12-27-49(42)58-56(59-53)43-23-14-22-40-44-33-35(29-32-51(44)61-55(40)43)60-50-28-13-8-19-38(50)39-30-31-48-52(54(39)60)41-20-6-11-26-47(41)57(48)45-24-9-4-17-36(45)37-18-5-10-25-46(37)57/h1-33H. The molecule has 3 heterocycles. The zero-order valence-electron chi connectivity index (χ0n) is 32.8. The maximum absolute atomic E-state index is 6.80. The molecule has 4 heteroatoms. The normalized spacial score (nSPS) is 13.4. The molecule has 14 rings (SSSR count). The average Bonchev–Trinajstić information content (AvgIpc) is 4.05. The van der Waals surface area contributed by atoms with Crippen LogP contribution in [0.3, 0.4) is 0 Å². The number of nitrogens with zero attached hydrogens (tertiary/aromatic N) is 3. The molecule has 0 N–H and O–H groups in total. The van der Waals surface area contributed by atoms with Crippen molar-refractivity contribution in [1.29, 1.82) is 0 Å². The van der Waals surface area contributed by atoms with Crippen molar-refractivity contribution < 1.29 is 4.42 Å². The van der Waals surface area contributed by atoms with E-state index in [1.165, 1.54) is 66.3 Å². The van der Waals surface area contributed by atoms with Crippen LogP contribution in [-0.4, -0.2) is 14.5 Å². The van der Waals surface area contributed by atoms with Gasteiger partial charge in [-0.2, -0.15) is 0 Å². The van der Waals surface area contributed by atoms with Crippen LogP contribution in [0.2, 0.25) is 0 Å². The van der Waals surface area contributed by atoms with Gasteiger partial charge in [0.2, 0.25) is 0 Å². The minimum absolute atomic E-state index is 0.430. The Bertz CT molecular complexity index is 3790. The fourth-order valence-electron chi connectivity index (χ4n) is 11.0. The molecule has 0 aliphatic heterocycles. The monoisotopic (exact) mass is 775 g/mol. The van der Waals surface area contributed by atoms with Gasteiger partial charge in [0.15, 0.2) is 5.82 Å². The number of benzene rings is 9. The number of aromatic nitrogens is 3. The Morgan fingerprint density at radius 2 is 1.07 bits per heavy atom. The Kier molecular flexibility index (Phi) is 6.46. The Hall–Kier alpha value is -8.08. The zero-order valence-corrected chi connectivity index (χ0v) is 32.8. The fourth-order valence-corrected chi connectivity index (χ4v) is 11.0. The SMILES string of the molecule is c1ccc(-c2nc(-c3cccc4c3oc3ccc(-n5c6ccccc6c6ccc7c(c65)-c5ccccc5C75c6ccccc6-c6ccccc65)cc34)nc3ccccc23)cc1. The first-order chi connectivity index (χ1) is 30.3. The van der Waals surface area contributed by atoms with E-state index in [1.54, 1.807) is 0 Å². The van der Waals surface area contributed by atoms with Crippen molar-refractivity contribution in [2.75, 3.05) is 0 Å². The second-order valence-electron chi connectivity index (χ2n) is 16.4. The molecule has 4 nitrogen and oxygen atoms in total. The van der Waals surface area contributed by atoms with Crippen LogP contribution in [0.4, 0.5) is 0 Å². The first-order valence-electron chi connectivity index (χ1n) is 20.9. The van der Waals surface area contributed by atoms with E-state index in [1.807, 2.05) is 18.2 Å². The van der Waals surface area contributed by atoms with Crippen LogP contribution in [0.25, 0.3) is 105 Å². The van der Waals surface area contributed by atoms with Crippen LogP contribution in [0.15, 0.2) is 205 Å². The molecule has 1 spiro atoms. The van der Waals surface area contributed by atoms with Crippen molar-refractivity contribution >= 4 is 54.6 Å². The average molecular weight is 776 g/mol. The molecule has 3 aromatic heterocycles. The molecule has 0 radical (unpaired) electrons. The molecule has 2 aliphatic carbocycles. The highest BCUT2D eigenvalue weighted by atomic mass is 16.3. The predicted octanol–water partition coefficient (Wildman–Crippen LogP) is 14.3. The summed E-state index contributed by atoms with van der Waals surface area (Å²) in [6.07, 6.45) is 0. The first kappa shape index (κ1) is 32.8. The lowest BCUT2D eigenvalue weighted by Gasteiger charge is -2.30. The number of para-hydroxylation sites is 3. The predicted molar refractivity (Wildman–Crippen MR) is 248 cm³/mol. The third-order valence-electron chi connectivity index (χ3n) is 13.4. The van der Waals surface area contributed by atoms with E-state index in [9.17, 15) is 0 Å². The summed E-state index contributed by atoms with van der Waals surface area (Å²) in [4.78, 5) is 10.3. The fraction of sp³-hybridized carbons (Fsp3) is 0.0175. The number of fused-ring (bicyclic) bond motifs is 18. The quantitative estimate of drug-likeness (QED) is 0.180. The Balaban J connectivity index is 1.03. The van der Waals surface area contributed by atoms with Gasteiger partial charge in [-0.1, -0.05) is 164 Å². The summed E-state index contributed by atoms with van der Waals surface area (Å²) in [5.41, 5.74) is 18.9. The molecule has 0 saturated carbocycles. The van der Waals surface area contributed by atoms with Gasteiger partial charge in [0, 0.05) is 43.7 Å². The molecule has 282 valence electrons. The van der Waals surface area contributed by atoms with Gasteiger partial charge in [0.1, 0.15) is 11.2 Å². The lowest BCUT2D eigenvalue weighted by atomic mass is 9.70.